The molecule has 6 heteroatoms. The topological polar surface area (TPSA) is 102 Å². The van der Waals surface area contributed by atoms with Crippen LogP contribution in [0, 0.1) is 5.92 Å². The smallest absolute Gasteiger partial charge is 0.304 e. The van der Waals surface area contributed by atoms with Gasteiger partial charge in [0.05, 0.1) is 19.1 Å². The number of nitrogens with one attached hydrogen (secondary N) is 1. The van der Waals surface area contributed by atoms with E-state index in [2.05, 4.69) is 5.32 Å². The highest BCUT2D eigenvalue weighted by Gasteiger charge is 2.18. The van der Waals surface area contributed by atoms with Gasteiger partial charge in [-0.2, -0.15) is 0 Å². The summed E-state index contributed by atoms with van der Waals surface area (Å²) < 4.78 is 5.57. The molecule has 0 saturated heterocycles. The summed E-state index contributed by atoms with van der Waals surface area (Å²) in [5.41, 5.74) is 5.66. The number of hydrogen-bond acceptors (Lipinski definition) is 4. The standard InChI is InChI=1S/C13H26N2O4/c1-8(5-12(16)17)13(18)15-10(3)7-19-11(4)6-9(2)14/h8-11H,5-7,14H2,1-4H3,(H,15,18)(H,16,17). The summed E-state index contributed by atoms with van der Waals surface area (Å²) in [6.07, 6.45) is 0.632. The van der Waals surface area contributed by atoms with Crippen LogP contribution in [0.3, 0.4) is 0 Å². The van der Waals surface area contributed by atoms with Gasteiger partial charge in [0.15, 0.2) is 0 Å². The Morgan fingerprint density at radius 2 is 1.84 bits per heavy atom. The summed E-state index contributed by atoms with van der Waals surface area (Å²) in [5.74, 6) is -1.78. The molecule has 112 valence electrons. The molecule has 0 aromatic heterocycles. The number of carbonyl (C=O) groups is 2. The van der Waals surface area contributed by atoms with Gasteiger partial charge in [0.2, 0.25) is 5.91 Å². The first-order chi connectivity index (χ1) is 8.72. The minimum Gasteiger partial charge on any atom is -0.481 e. The van der Waals surface area contributed by atoms with Gasteiger partial charge in [0.1, 0.15) is 0 Å². The molecule has 0 aliphatic heterocycles. The summed E-state index contributed by atoms with van der Waals surface area (Å²) in [5, 5.41) is 11.3. The van der Waals surface area contributed by atoms with Crippen molar-refractivity contribution < 1.29 is 19.4 Å². The molecule has 0 fully saturated rings. The van der Waals surface area contributed by atoms with Gasteiger partial charge in [-0.3, -0.25) is 9.59 Å². The molecule has 0 heterocycles. The first kappa shape index (κ1) is 17.9. The van der Waals surface area contributed by atoms with Crippen molar-refractivity contribution in [1.82, 2.24) is 5.32 Å². The molecule has 0 radical (unpaired) electrons. The Bertz CT molecular complexity index is 294. The van der Waals surface area contributed by atoms with Gasteiger partial charge >= 0.3 is 5.97 Å². The van der Waals surface area contributed by atoms with Gasteiger partial charge in [0, 0.05) is 18.0 Å². The first-order valence-electron chi connectivity index (χ1n) is 6.61. The highest BCUT2D eigenvalue weighted by Crippen LogP contribution is 2.04. The molecule has 0 aliphatic carbocycles. The molecule has 4 atom stereocenters. The van der Waals surface area contributed by atoms with E-state index in [1.807, 2.05) is 20.8 Å². The number of nitrogens with two attached hydrogens (primary N) is 1. The van der Waals surface area contributed by atoms with Gasteiger partial charge in [-0.25, -0.2) is 0 Å². The molecule has 0 aliphatic rings. The summed E-state index contributed by atoms with van der Waals surface area (Å²) in [6, 6.07) is -0.0743. The van der Waals surface area contributed by atoms with Gasteiger partial charge in [0.25, 0.3) is 0 Å². The number of hydrogen-bond donors (Lipinski definition) is 3. The normalized spacial score (nSPS) is 17.3. The number of ether oxygens (including phenoxy) is 1. The predicted molar refractivity (Wildman–Crippen MR) is 72.7 cm³/mol. The van der Waals surface area contributed by atoms with Crippen LogP contribution in [0.5, 0.6) is 0 Å². The van der Waals surface area contributed by atoms with E-state index in [-0.39, 0.29) is 30.5 Å². The zero-order valence-electron chi connectivity index (χ0n) is 12.2. The van der Waals surface area contributed by atoms with Crippen molar-refractivity contribution in [3.8, 4) is 0 Å². The Morgan fingerprint density at radius 3 is 2.32 bits per heavy atom. The number of rotatable bonds is 9. The fourth-order valence-corrected chi connectivity index (χ4v) is 1.68. The third kappa shape index (κ3) is 9.44. The van der Waals surface area contributed by atoms with Gasteiger partial charge < -0.3 is 20.9 Å². The van der Waals surface area contributed by atoms with Crippen LogP contribution in [-0.4, -0.2) is 41.8 Å². The summed E-state index contributed by atoms with van der Waals surface area (Å²) in [7, 11) is 0. The maximum atomic E-state index is 11.7. The lowest BCUT2D eigenvalue weighted by molar-refractivity contribution is -0.141. The third-order valence-corrected chi connectivity index (χ3v) is 2.65. The molecular weight excluding hydrogens is 248 g/mol. The van der Waals surface area contributed by atoms with Crippen LogP contribution >= 0.6 is 0 Å². The fraction of sp³-hybridized carbons (Fsp3) is 0.846. The minimum absolute atomic E-state index is 0.0378. The van der Waals surface area contributed by atoms with Gasteiger partial charge in [-0.05, 0) is 27.2 Å². The van der Waals surface area contributed by atoms with Crippen molar-refractivity contribution in [3.63, 3.8) is 0 Å². The van der Waals surface area contributed by atoms with E-state index >= 15 is 0 Å². The molecule has 6 nitrogen and oxygen atoms in total. The minimum atomic E-state index is -0.975. The summed E-state index contributed by atoms with van der Waals surface area (Å²) in [6.45, 7) is 7.66. The monoisotopic (exact) mass is 274 g/mol. The molecule has 4 unspecified atom stereocenters. The Kier molecular flexibility index (Phi) is 8.34. The lowest BCUT2D eigenvalue weighted by Crippen LogP contribution is -2.40. The highest BCUT2D eigenvalue weighted by molar-refractivity contribution is 5.82. The lowest BCUT2D eigenvalue weighted by Gasteiger charge is -2.20. The molecule has 0 rings (SSSR count). The van der Waals surface area contributed by atoms with Crippen LogP contribution < -0.4 is 11.1 Å². The average Bonchev–Trinajstić information content (AvgIpc) is 2.24. The predicted octanol–water partition coefficient (Wildman–Crippen LogP) is 0.744. The molecule has 1 amide bonds. The Hall–Kier alpha value is -1.14. The number of carboxylic acids is 1. The molecule has 0 bridgehead atoms. The maximum absolute atomic E-state index is 11.7. The van der Waals surface area contributed by atoms with Crippen LogP contribution in [0.15, 0.2) is 0 Å². The SMILES string of the molecule is CC(N)CC(C)OCC(C)NC(=O)C(C)CC(=O)O. The molecule has 19 heavy (non-hydrogen) atoms. The Balaban J connectivity index is 3.93. The van der Waals surface area contributed by atoms with Crippen molar-refractivity contribution in [2.75, 3.05) is 6.61 Å². The van der Waals surface area contributed by atoms with Crippen LogP contribution in [0.1, 0.15) is 40.5 Å². The molecule has 0 aromatic carbocycles. The Morgan fingerprint density at radius 1 is 1.26 bits per heavy atom. The van der Waals surface area contributed by atoms with Crippen molar-refractivity contribution in [1.29, 1.82) is 0 Å². The van der Waals surface area contributed by atoms with E-state index in [1.54, 1.807) is 6.92 Å². The quantitative estimate of drug-likeness (QED) is 0.575. The zero-order valence-corrected chi connectivity index (χ0v) is 12.2. The number of carbonyl (C=O) groups excluding carboxylic acids is 1. The highest BCUT2D eigenvalue weighted by atomic mass is 16.5. The second kappa shape index (κ2) is 8.87. The van der Waals surface area contributed by atoms with Crippen molar-refractivity contribution in [2.24, 2.45) is 11.7 Å². The third-order valence-electron chi connectivity index (χ3n) is 2.65. The van der Waals surface area contributed by atoms with Crippen LogP contribution in [0.25, 0.3) is 0 Å². The molecule has 0 spiro atoms. The largest absolute Gasteiger partial charge is 0.481 e. The van der Waals surface area contributed by atoms with Crippen LogP contribution in [-0.2, 0) is 14.3 Å². The zero-order chi connectivity index (χ0) is 15.0. The fourth-order valence-electron chi connectivity index (χ4n) is 1.68. The second-order valence-electron chi connectivity index (χ2n) is 5.27. The average molecular weight is 274 g/mol. The molecule has 0 aromatic rings. The molecular formula is C13H26N2O4. The van der Waals surface area contributed by atoms with Gasteiger partial charge in [-0.15, -0.1) is 0 Å². The number of aliphatic carboxylic acids is 1. The van der Waals surface area contributed by atoms with Gasteiger partial charge in [-0.1, -0.05) is 6.92 Å². The van der Waals surface area contributed by atoms with E-state index in [9.17, 15) is 9.59 Å². The maximum Gasteiger partial charge on any atom is 0.304 e. The van der Waals surface area contributed by atoms with Crippen molar-refractivity contribution in [3.05, 3.63) is 0 Å². The van der Waals surface area contributed by atoms with E-state index in [0.29, 0.717) is 6.61 Å². The van der Waals surface area contributed by atoms with Crippen molar-refractivity contribution in [2.45, 2.75) is 58.7 Å². The lowest BCUT2D eigenvalue weighted by atomic mass is 10.1. The van der Waals surface area contributed by atoms with Crippen molar-refractivity contribution >= 4 is 11.9 Å². The van der Waals surface area contributed by atoms with Crippen LogP contribution in [0.4, 0.5) is 0 Å². The van der Waals surface area contributed by atoms with E-state index < -0.39 is 11.9 Å². The molecule has 0 saturated carbocycles. The first-order valence-corrected chi connectivity index (χ1v) is 6.61. The van der Waals surface area contributed by atoms with E-state index in [4.69, 9.17) is 15.6 Å². The number of carboxylic acid groups (broad SMARTS) is 1. The second-order valence-corrected chi connectivity index (χ2v) is 5.27. The summed E-state index contributed by atoms with van der Waals surface area (Å²) in [4.78, 5) is 22.2. The van der Waals surface area contributed by atoms with Crippen LogP contribution in [0.2, 0.25) is 0 Å². The number of amides is 1. The molecule has 4 N–H and O–H groups in total. The van der Waals surface area contributed by atoms with E-state index in [1.165, 1.54) is 0 Å². The Labute approximate surface area is 114 Å². The summed E-state index contributed by atoms with van der Waals surface area (Å²) >= 11 is 0. The van der Waals surface area contributed by atoms with E-state index in [0.717, 1.165) is 6.42 Å².